The molecule has 1 N–H and O–H groups in total. The van der Waals surface area contributed by atoms with E-state index in [1.807, 2.05) is 0 Å². The summed E-state index contributed by atoms with van der Waals surface area (Å²) < 4.78 is 5.54. The zero-order valence-corrected chi connectivity index (χ0v) is 13.9. The highest BCUT2D eigenvalue weighted by atomic mass is 16.5. The second-order valence-electron chi connectivity index (χ2n) is 6.30. The van der Waals surface area contributed by atoms with Crippen LogP contribution in [0.25, 0.3) is 0 Å². The molecular weight excluding hydrogens is 258 g/mol. The van der Waals surface area contributed by atoms with Crippen molar-refractivity contribution < 1.29 is 4.74 Å². The van der Waals surface area contributed by atoms with E-state index in [9.17, 15) is 0 Å². The maximum absolute atomic E-state index is 5.54. The molecule has 1 aromatic carbocycles. The maximum atomic E-state index is 5.54. The zero-order valence-electron chi connectivity index (χ0n) is 13.9. The summed E-state index contributed by atoms with van der Waals surface area (Å²) in [4.78, 5) is 0. The van der Waals surface area contributed by atoms with E-state index in [1.54, 1.807) is 7.11 Å². The van der Waals surface area contributed by atoms with Gasteiger partial charge in [0.2, 0.25) is 0 Å². The van der Waals surface area contributed by atoms with E-state index in [0.29, 0.717) is 6.04 Å². The van der Waals surface area contributed by atoms with Crippen molar-refractivity contribution in [1.29, 1.82) is 0 Å². The lowest BCUT2D eigenvalue weighted by Crippen LogP contribution is -2.42. The van der Waals surface area contributed by atoms with Gasteiger partial charge in [-0.05, 0) is 42.9 Å². The largest absolute Gasteiger partial charge is 0.496 e. The van der Waals surface area contributed by atoms with Crippen molar-refractivity contribution in [3.63, 3.8) is 0 Å². The SMILES string of the molecule is CCNC(Cc1ccccc1OC)C1CCCCC1CC. The molecule has 0 saturated heterocycles. The van der Waals surface area contributed by atoms with Gasteiger partial charge >= 0.3 is 0 Å². The van der Waals surface area contributed by atoms with Crippen LogP contribution in [0.15, 0.2) is 24.3 Å². The second kappa shape index (κ2) is 8.43. The Labute approximate surface area is 130 Å². The highest BCUT2D eigenvalue weighted by Gasteiger charge is 2.30. The molecule has 3 atom stereocenters. The van der Waals surface area contributed by atoms with Crippen molar-refractivity contribution in [2.24, 2.45) is 11.8 Å². The number of likely N-dealkylation sites (N-methyl/N-ethyl adjacent to an activating group) is 1. The summed E-state index contributed by atoms with van der Waals surface area (Å²) in [6.07, 6.45) is 8.01. The summed E-state index contributed by atoms with van der Waals surface area (Å²) in [7, 11) is 1.77. The van der Waals surface area contributed by atoms with Crippen molar-refractivity contribution in [1.82, 2.24) is 5.32 Å². The normalized spacial score (nSPS) is 23.8. The van der Waals surface area contributed by atoms with E-state index in [4.69, 9.17) is 4.74 Å². The first-order chi connectivity index (χ1) is 10.3. The number of benzene rings is 1. The first kappa shape index (κ1) is 16.4. The van der Waals surface area contributed by atoms with Crippen LogP contribution < -0.4 is 10.1 Å². The van der Waals surface area contributed by atoms with E-state index in [-0.39, 0.29) is 0 Å². The molecule has 0 amide bonds. The van der Waals surface area contributed by atoms with Gasteiger partial charge in [-0.2, -0.15) is 0 Å². The number of rotatable bonds is 7. The molecule has 2 heteroatoms. The van der Waals surface area contributed by atoms with Crippen LogP contribution in [-0.4, -0.2) is 19.7 Å². The van der Waals surface area contributed by atoms with E-state index in [2.05, 4.69) is 43.4 Å². The number of ether oxygens (including phenoxy) is 1. The van der Waals surface area contributed by atoms with Gasteiger partial charge in [-0.15, -0.1) is 0 Å². The van der Waals surface area contributed by atoms with Crippen LogP contribution >= 0.6 is 0 Å². The molecular formula is C19H31NO. The van der Waals surface area contributed by atoms with Gasteiger partial charge in [0, 0.05) is 6.04 Å². The van der Waals surface area contributed by atoms with Crippen LogP contribution in [0, 0.1) is 11.8 Å². The quantitative estimate of drug-likeness (QED) is 0.801. The molecule has 0 heterocycles. The summed E-state index contributed by atoms with van der Waals surface area (Å²) in [5, 5.41) is 3.76. The minimum atomic E-state index is 0.580. The van der Waals surface area contributed by atoms with Crippen molar-refractivity contribution >= 4 is 0 Å². The first-order valence-electron chi connectivity index (χ1n) is 8.65. The maximum Gasteiger partial charge on any atom is 0.122 e. The summed E-state index contributed by atoms with van der Waals surface area (Å²) in [6.45, 7) is 5.63. The Morgan fingerprint density at radius 2 is 1.95 bits per heavy atom. The van der Waals surface area contributed by atoms with Crippen molar-refractivity contribution in [3.8, 4) is 5.75 Å². The van der Waals surface area contributed by atoms with Gasteiger partial charge < -0.3 is 10.1 Å². The second-order valence-corrected chi connectivity index (χ2v) is 6.30. The van der Waals surface area contributed by atoms with Gasteiger partial charge in [0.1, 0.15) is 5.75 Å². The van der Waals surface area contributed by atoms with Gasteiger partial charge in [-0.25, -0.2) is 0 Å². The molecule has 0 spiro atoms. The van der Waals surface area contributed by atoms with E-state index in [1.165, 1.54) is 37.7 Å². The summed E-state index contributed by atoms with van der Waals surface area (Å²) >= 11 is 0. The molecule has 0 radical (unpaired) electrons. The number of nitrogens with one attached hydrogen (secondary N) is 1. The average Bonchev–Trinajstić information content (AvgIpc) is 2.55. The van der Waals surface area contributed by atoms with Crippen LogP contribution in [0.5, 0.6) is 5.75 Å². The molecule has 3 unspecified atom stereocenters. The lowest BCUT2D eigenvalue weighted by Gasteiger charge is -2.37. The fourth-order valence-electron chi connectivity index (χ4n) is 4.02. The number of hydrogen-bond donors (Lipinski definition) is 1. The monoisotopic (exact) mass is 289 g/mol. The highest BCUT2D eigenvalue weighted by molar-refractivity contribution is 5.34. The molecule has 1 fully saturated rings. The Morgan fingerprint density at radius 1 is 1.19 bits per heavy atom. The lowest BCUT2D eigenvalue weighted by atomic mass is 9.72. The molecule has 21 heavy (non-hydrogen) atoms. The molecule has 1 aromatic rings. The predicted molar refractivity (Wildman–Crippen MR) is 89.9 cm³/mol. The highest BCUT2D eigenvalue weighted by Crippen LogP contribution is 2.36. The minimum Gasteiger partial charge on any atom is -0.496 e. The van der Waals surface area contributed by atoms with Crippen LogP contribution in [0.1, 0.15) is 51.5 Å². The summed E-state index contributed by atoms with van der Waals surface area (Å²) in [5.41, 5.74) is 1.34. The Balaban J connectivity index is 2.14. The van der Waals surface area contributed by atoms with Crippen molar-refractivity contribution in [3.05, 3.63) is 29.8 Å². The van der Waals surface area contributed by atoms with Crippen LogP contribution in [0.2, 0.25) is 0 Å². The Hall–Kier alpha value is -1.02. The third kappa shape index (κ3) is 4.23. The first-order valence-corrected chi connectivity index (χ1v) is 8.65. The number of hydrogen-bond acceptors (Lipinski definition) is 2. The Bertz CT molecular complexity index is 418. The van der Waals surface area contributed by atoms with Crippen LogP contribution in [-0.2, 0) is 6.42 Å². The van der Waals surface area contributed by atoms with Crippen molar-refractivity contribution in [2.75, 3.05) is 13.7 Å². The third-order valence-corrected chi connectivity index (χ3v) is 5.11. The third-order valence-electron chi connectivity index (χ3n) is 5.11. The molecule has 1 aliphatic rings. The van der Waals surface area contributed by atoms with Gasteiger partial charge in [0.25, 0.3) is 0 Å². The predicted octanol–water partition coefficient (Wildman–Crippen LogP) is 4.43. The Kier molecular flexibility index (Phi) is 6.56. The van der Waals surface area contributed by atoms with Gasteiger partial charge in [-0.3, -0.25) is 0 Å². The molecule has 0 bridgehead atoms. The Morgan fingerprint density at radius 3 is 2.67 bits per heavy atom. The molecule has 2 rings (SSSR count). The number of para-hydroxylation sites is 1. The fourth-order valence-corrected chi connectivity index (χ4v) is 4.02. The molecule has 1 aliphatic carbocycles. The minimum absolute atomic E-state index is 0.580. The van der Waals surface area contributed by atoms with Crippen LogP contribution in [0.4, 0.5) is 0 Å². The molecule has 118 valence electrons. The fraction of sp³-hybridized carbons (Fsp3) is 0.684. The number of methoxy groups -OCH3 is 1. The average molecular weight is 289 g/mol. The summed E-state index contributed by atoms with van der Waals surface area (Å²) in [5.74, 6) is 2.73. The van der Waals surface area contributed by atoms with E-state index >= 15 is 0 Å². The standard InChI is InChI=1S/C19H31NO/c1-4-15-10-6-8-12-17(15)18(20-5-2)14-16-11-7-9-13-19(16)21-3/h7,9,11,13,15,17-18,20H,4-6,8,10,12,14H2,1-3H3. The van der Waals surface area contributed by atoms with Gasteiger partial charge in [0.15, 0.2) is 0 Å². The lowest BCUT2D eigenvalue weighted by molar-refractivity contribution is 0.174. The summed E-state index contributed by atoms with van der Waals surface area (Å²) in [6, 6.07) is 9.05. The van der Waals surface area contributed by atoms with E-state index in [0.717, 1.165) is 30.6 Å². The molecule has 0 aromatic heterocycles. The van der Waals surface area contributed by atoms with Gasteiger partial charge in [0.05, 0.1) is 7.11 Å². The molecule has 2 nitrogen and oxygen atoms in total. The van der Waals surface area contributed by atoms with E-state index < -0.39 is 0 Å². The molecule has 1 saturated carbocycles. The molecule has 0 aliphatic heterocycles. The zero-order chi connectivity index (χ0) is 15.1. The van der Waals surface area contributed by atoms with Crippen LogP contribution in [0.3, 0.4) is 0 Å². The topological polar surface area (TPSA) is 21.3 Å². The van der Waals surface area contributed by atoms with Crippen molar-refractivity contribution in [2.45, 2.75) is 58.4 Å². The smallest absolute Gasteiger partial charge is 0.122 e. The van der Waals surface area contributed by atoms with Gasteiger partial charge in [-0.1, -0.05) is 57.7 Å².